The van der Waals surface area contributed by atoms with Gasteiger partial charge in [0.2, 0.25) is 0 Å². The van der Waals surface area contributed by atoms with Gasteiger partial charge in [-0.3, -0.25) is 8.80 Å². The maximum Gasteiger partial charge on any atom is 0.410 e. The molecule has 0 aliphatic carbocycles. The summed E-state index contributed by atoms with van der Waals surface area (Å²) in [7, 11) is 0. The molecule has 5 N–H and O–H groups in total. The van der Waals surface area contributed by atoms with E-state index in [1.54, 1.807) is 73.3 Å². The SMILES string of the molecule is Cc1ncc(COc2cc(F)cc(Oc3ccc(-c4nc([C@@H]5CCCN(C(=O)OC(C)(C)C)C5)n5ccnc(N)c45)cc3)c2)cn1.Cc1ncc(COc2cc(F)cc(Oc3ccc(-c4nc([C@@H]5CCCNC5)n5ccnc(N)c45)cc3)c2)cn1. The average Bonchev–Trinajstić information content (AvgIpc) is 2.16. The minimum Gasteiger partial charge on any atom is -0.489 e. The van der Waals surface area contributed by atoms with E-state index in [-0.39, 0.29) is 31.0 Å². The predicted octanol–water partition coefficient (Wildman–Crippen LogP) is 11.8. The zero-order valence-corrected chi connectivity index (χ0v) is 47.7. The van der Waals surface area contributed by atoms with Gasteiger partial charge in [0.05, 0.1) is 0 Å². The molecule has 20 nitrogen and oxygen atoms in total. The van der Waals surface area contributed by atoms with Crippen LogP contribution in [-0.4, -0.2) is 91.4 Å². The van der Waals surface area contributed by atoms with Crippen molar-refractivity contribution in [2.24, 2.45) is 0 Å². The summed E-state index contributed by atoms with van der Waals surface area (Å²) in [4.78, 5) is 49.9. The van der Waals surface area contributed by atoms with Crippen LogP contribution in [0.15, 0.2) is 135 Å². The zero-order chi connectivity index (χ0) is 59.2. The fourth-order valence-electron chi connectivity index (χ4n) is 10.2. The van der Waals surface area contributed by atoms with Crippen LogP contribution in [0.4, 0.5) is 25.2 Å². The first-order valence-electron chi connectivity index (χ1n) is 28.0. The molecule has 2 atom stereocenters. The molecule has 436 valence electrons. The van der Waals surface area contributed by atoms with Crippen LogP contribution in [0.2, 0.25) is 0 Å². The molecular formula is C63H64F2N14O6. The van der Waals surface area contributed by atoms with Crippen molar-refractivity contribution in [3.05, 3.63) is 181 Å². The first kappa shape index (κ1) is 57.0. The quantitative estimate of drug-likeness (QED) is 0.0916. The van der Waals surface area contributed by atoms with Crippen LogP contribution < -0.4 is 35.7 Å². The van der Waals surface area contributed by atoms with Crippen LogP contribution in [-0.2, 0) is 18.0 Å². The van der Waals surface area contributed by atoms with Gasteiger partial charge in [0.25, 0.3) is 0 Å². The number of imidazole rings is 2. The second-order valence-electron chi connectivity index (χ2n) is 21.9. The van der Waals surface area contributed by atoms with E-state index in [9.17, 15) is 13.6 Å². The zero-order valence-electron chi connectivity index (χ0n) is 47.7. The number of likely N-dealkylation sites (tertiary alicyclic amines) is 1. The molecule has 85 heavy (non-hydrogen) atoms. The van der Waals surface area contributed by atoms with Crippen LogP contribution in [0.5, 0.6) is 34.5 Å². The van der Waals surface area contributed by atoms with E-state index in [4.69, 9.17) is 45.1 Å². The number of hydrogen-bond donors (Lipinski definition) is 3. The van der Waals surface area contributed by atoms with Crippen molar-refractivity contribution in [1.82, 2.24) is 58.9 Å². The van der Waals surface area contributed by atoms with Gasteiger partial charge in [-0.1, -0.05) is 0 Å². The lowest BCUT2D eigenvalue weighted by atomic mass is 9.97. The summed E-state index contributed by atoms with van der Waals surface area (Å²) in [5.74, 6) is 5.56. The van der Waals surface area contributed by atoms with Gasteiger partial charge in [0, 0.05) is 140 Å². The Hall–Kier alpha value is -9.83. The molecule has 4 aromatic carbocycles. The predicted molar refractivity (Wildman–Crippen MR) is 315 cm³/mol. The average molecular weight is 1150 g/mol. The Bertz CT molecular complexity index is 3960. The van der Waals surface area contributed by atoms with E-state index in [0.29, 0.717) is 82.3 Å². The Morgan fingerprint density at radius 3 is 1.53 bits per heavy atom. The lowest BCUT2D eigenvalue weighted by Crippen LogP contribution is -2.42. The molecule has 2 saturated heterocycles. The number of amides is 1. The monoisotopic (exact) mass is 1150 g/mol. The molecule has 6 aromatic heterocycles. The van der Waals surface area contributed by atoms with Crippen LogP contribution >= 0.6 is 0 Å². The number of carbonyl (C=O) groups excluding carboxylic acids is 1. The lowest BCUT2D eigenvalue weighted by Gasteiger charge is -2.33. The van der Waals surface area contributed by atoms with Crippen LogP contribution in [0, 0.1) is 25.5 Å². The Morgan fingerprint density at radius 1 is 0.612 bits per heavy atom. The summed E-state index contributed by atoms with van der Waals surface area (Å²) >= 11 is 0. The van der Waals surface area contributed by atoms with Crippen molar-refractivity contribution < 1.29 is 37.3 Å². The molecule has 0 spiro atoms. The second-order valence-corrected chi connectivity index (χ2v) is 21.9. The molecule has 22 heteroatoms. The minimum absolute atomic E-state index is 0.0187. The topological polar surface area (TPSA) is 242 Å². The van der Waals surface area contributed by atoms with Crippen molar-refractivity contribution in [1.29, 1.82) is 0 Å². The summed E-state index contributed by atoms with van der Waals surface area (Å²) in [6.07, 6.45) is 17.4. The van der Waals surface area contributed by atoms with Gasteiger partial charge < -0.3 is 45.4 Å². The van der Waals surface area contributed by atoms with E-state index < -0.39 is 17.2 Å². The Morgan fingerprint density at radius 2 is 1.07 bits per heavy atom. The Labute approximate surface area is 489 Å². The van der Waals surface area contributed by atoms with Gasteiger partial charge in [-0.15, -0.1) is 0 Å². The summed E-state index contributed by atoms with van der Waals surface area (Å²) in [6, 6.07) is 23.3. The number of halogens is 2. The van der Waals surface area contributed by atoms with E-state index in [1.165, 1.54) is 24.3 Å². The molecule has 1 amide bonds. The molecule has 2 aliphatic rings. The molecule has 0 bridgehead atoms. The lowest BCUT2D eigenvalue weighted by molar-refractivity contribution is 0.0195. The van der Waals surface area contributed by atoms with Gasteiger partial charge in [0.1, 0.15) is 122 Å². The summed E-state index contributed by atoms with van der Waals surface area (Å²) in [5, 5.41) is 3.46. The number of aromatic nitrogens is 10. The molecule has 2 fully saturated rings. The number of nitrogens with one attached hydrogen (secondary N) is 1. The number of nitrogen functional groups attached to an aromatic ring is 2. The van der Waals surface area contributed by atoms with Crippen LogP contribution in [0.25, 0.3) is 33.5 Å². The van der Waals surface area contributed by atoms with E-state index in [2.05, 4.69) is 39.6 Å². The van der Waals surface area contributed by atoms with Crippen molar-refractivity contribution in [3.8, 4) is 57.0 Å². The smallest absolute Gasteiger partial charge is 0.410 e. The Balaban J connectivity index is 0.000000179. The minimum atomic E-state index is -0.574. The number of anilines is 2. The number of aryl methyl sites for hydroxylation is 2. The molecule has 2 aliphatic heterocycles. The maximum absolute atomic E-state index is 14.4. The number of ether oxygens (including phenoxy) is 5. The Kier molecular flexibility index (Phi) is 16.7. The molecule has 8 heterocycles. The summed E-state index contributed by atoms with van der Waals surface area (Å²) in [5.41, 5.74) is 18.3. The van der Waals surface area contributed by atoms with Gasteiger partial charge >= 0.3 is 6.09 Å². The third-order valence-corrected chi connectivity index (χ3v) is 14.2. The first-order chi connectivity index (χ1) is 41.0. The van der Waals surface area contributed by atoms with Crippen molar-refractivity contribution >= 4 is 28.8 Å². The third-order valence-electron chi connectivity index (χ3n) is 14.2. The van der Waals surface area contributed by atoms with Gasteiger partial charge in [-0.25, -0.2) is 53.4 Å². The number of benzene rings is 4. The number of fused-ring (bicyclic) bond motifs is 2. The highest BCUT2D eigenvalue weighted by molar-refractivity contribution is 5.86. The number of piperidine rings is 2. The highest BCUT2D eigenvalue weighted by Crippen LogP contribution is 2.38. The van der Waals surface area contributed by atoms with Gasteiger partial charge in [0.15, 0.2) is 0 Å². The molecule has 0 saturated carbocycles. The highest BCUT2D eigenvalue weighted by atomic mass is 19.1. The first-order valence-corrected chi connectivity index (χ1v) is 28.0. The molecule has 10 aromatic rings. The molecular weight excluding hydrogens is 1090 g/mol. The molecule has 12 rings (SSSR count). The maximum atomic E-state index is 14.4. The van der Waals surface area contributed by atoms with Crippen molar-refractivity contribution in [3.63, 3.8) is 0 Å². The number of hydrogen-bond acceptors (Lipinski definition) is 17. The summed E-state index contributed by atoms with van der Waals surface area (Å²) in [6.45, 7) is 12.6. The highest BCUT2D eigenvalue weighted by Gasteiger charge is 2.32. The number of rotatable bonds is 14. The molecule has 0 radical (unpaired) electrons. The van der Waals surface area contributed by atoms with Crippen molar-refractivity contribution in [2.45, 2.75) is 91.0 Å². The van der Waals surface area contributed by atoms with Gasteiger partial charge in [-0.05, 0) is 115 Å². The number of carbonyl (C=O) groups is 1. The van der Waals surface area contributed by atoms with E-state index in [1.807, 2.05) is 80.9 Å². The normalized spacial score (nSPS) is 15.3. The fraction of sp³-hybridized carbons (Fsp3) is 0.286. The van der Waals surface area contributed by atoms with Gasteiger partial charge in [-0.2, -0.15) is 0 Å². The fourth-order valence-corrected chi connectivity index (χ4v) is 10.2. The van der Waals surface area contributed by atoms with Crippen molar-refractivity contribution in [2.75, 3.05) is 37.6 Å². The van der Waals surface area contributed by atoms with Crippen LogP contribution in [0.1, 0.15) is 92.7 Å². The molecule has 0 unspecified atom stereocenters. The van der Waals surface area contributed by atoms with Crippen LogP contribution in [0.3, 0.4) is 0 Å². The third kappa shape index (κ3) is 13.8. The second kappa shape index (κ2) is 24.9. The number of nitrogens with zero attached hydrogens (tertiary/aromatic N) is 11. The largest absolute Gasteiger partial charge is 0.489 e. The standard InChI is InChI=1S/C34H36FN7O4.C29H28FN7O2/c1-21-38-17-22(18-39-21)20-44-27-14-25(35)15-28(16-27)45-26-9-7-23(8-10-26)29-30-31(36)37-11-13-42(30)32(40-29)24-6-5-12-41(19-24)33(43)46-34(2,3)4;1-18-34-14-19(15-35-18)17-38-24-11-22(30)12-25(13-24)39-23-6-4-20(5-7-23)26-27-28(31)33-9-10-37(27)29(36-26)21-3-2-8-32-16-21/h7-11,13-18,24H,5-6,12,19-20H2,1-4H3,(H2,36,37);4-7,9-15,21,32H,2-3,8,16-17H2,1H3,(H2,31,33)/t24-;21-/m11/s1. The number of nitrogens with two attached hydrogens (primary N) is 2. The summed E-state index contributed by atoms with van der Waals surface area (Å²) < 4.78 is 61.8. The van der Waals surface area contributed by atoms with E-state index in [0.717, 1.165) is 83.9 Å². The van der Waals surface area contributed by atoms with E-state index >= 15 is 0 Å².